The number of carbonyl (C=O) groups is 1. The van der Waals surface area contributed by atoms with Crippen LogP contribution in [0.2, 0.25) is 18.1 Å². The molecule has 0 aliphatic rings. The fourth-order valence-corrected chi connectivity index (χ4v) is 3.97. The second kappa shape index (κ2) is 14.2. The quantitative estimate of drug-likeness (QED) is 0.202. The van der Waals surface area contributed by atoms with Gasteiger partial charge in [0.05, 0.1) is 6.54 Å². The van der Waals surface area contributed by atoms with Gasteiger partial charge < -0.3 is 9.74 Å². The molecular formula is C23H44NO2Si. The van der Waals surface area contributed by atoms with E-state index >= 15 is 0 Å². The third-order valence-corrected chi connectivity index (χ3v) is 10.0. The lowest BCUT2D eigenvalue weighted by molar-refractivity contribution is -0.128. The van der Waals surface area contributed by atoms with E-state index in [2.05, 4.69) is 58.4 Å². The second-order valence-electron chi connectivity index (χ2n) is 9.06. The number of hydrogen-bond acceptors (Lipinski definition) is 2. The van der Waals surface area contributed by atoms with E-state index in [4.69, 9.17) is 10.8 Å². The maximum absolute atomic E-state index is 12.5. The van der Waals surface area contributed by atoms with Crippen LogP contribution in [0.3, 0.4) is 0 Å². The van der Waals surface area contributed by atoms with Crippen LogP contribution in [0.4, 0.5) is 0 Å². The van der Waals surface area contributed by atoms with Gasteiger partial charge in [0.15, 0.2) is 8.32 Å². The van der Waals surface area contributed by atoms with E-state index in [1.165, 1.54) is 44.9 Å². The number of amides is 1. The zero-order valence-corrected chi connectivity index (χ0v) is 19.8. The number of carbonyl (C=O) groups excluding carboxylic acids is 1. The van der Waals surface area contributed by atoms with Gasteiger partial charge in [0.1, 0.15) is 6.10 Å². The summed E-state index contributed by atoms with van der Waals surface area (Å²) in [6, 6.07) is 0. The van der Waals surface area contributed by atoms with Crippen LogP contribution in [0.15, 0.2) is 0 Å². The van der Waals surface area contributed by atoms with E-state index in [0.717, 1.165) is 19.3 Å². The first-order valence-corrected chi connectivity index (χ1v) is 13.8. The van der Waals surface area contributed by atoms with Crippen molar-refractivity contribution in [1.29, 1.82) is 0 Å². The Balaban J connectivity index is 4.26. The summed E-state index contributed by atoms with van der Waals surface area (Å²) in [5, 5.41) is 2.90. The Labute approximate surface area is 170 Å². The van der Waals surface area contributed by atoms with Crippen molar-refractivity contribution in [3.8, 4) is 12.3 Å². The lowest BCUT2D eigenvalue weighted by Gasteiger charge is -2.38. The van der Waals surface area contributed by atoms with Gasteiger partial charge in [-0.2, -0.15) is 0 Å². The predicted octanol–water partition coefficient (Wildman–Crippen LogP) is 6.25. The van der Waals surface area contributed by atoms with Gasteiger partial charge in [-0.25, -0.2) is 0 Å². The highest BCUT2D eigenvalue weighted by Gasteiger charge is 2.40. The third-order valence-electron chi connectivity index (χ3n) is 5.54. The highest BCUT2D eigenvalue weighted by atomic mass is 28.4. The van der Waals surface area contributed by atoms with Crippen LogP contribution < -0.4 is 5.32 Å². The first kappa shape index (κ1) is 26.2. The third kappa shape index (κ3) is 12.3. The van der Waals surface area contributed by atoms with Crippen molar-refractivity contribution < 1.29 is 9.22 Å². The fraction of sp³-hybridized carbons (Fsp3) is 0.826. The Bertz CT molecular complexity index is 435. The predicted molar refractivity (Wildman–Crippen MR) is 120 cm³/mol. The van der Waals surface area contributed by atoms with Crippen LogP contribution in [-0.2, 0) is 9.22 Å². The summed E-state index contributed by atoms with van der Waals surface area (Å²) >= 11 is 0. The zero-order chi connectivity index (χ0) is 20.8. The minimum Gasteiger partial charge on any atom is -0.405 e. The van der Waals surface area contributed by atoms with E-state index in [-0.39, 0.29) is 23.6 Å². The molecule has 0 unspecified atom stereocenters. The van der Waals surface area contributed by atoms with Gasteiger partial charge in [-0.1, -0.05) is 91.4 Å². The van der Waals surface area contributed by atoms with E-state index in [1.807, 2.05) is 0 Å². The summed E-state index contributed by atoms with van der Waals surface area (Å²) in [6.45, 7) is 13.5. The zero-order valence-electron chi connectivity index (χ0n) is 18.8. The molecule has 27 heavy (non-hydrogen) atoms. The van der Waals surface area contributed by atoms with Gasteiger partial charge in [-0.3, -0.25) is 4.79 Å². The molecule has 0 saturated carbocycles. The average Bonchev–Trinajstić information content (AvgIpc) is 2.59. The molecule has 0 aromatic rings. The molecule has 0 fully saturated rings. The van der Waals surface area contributed by atoms with Gasteiger partial charge in [0.25, 0.3) is 0 Å². The first-order valence-electron chi connectivity index (χ1n) is 10.9. The standard InChI is InChI=1S/C23H44NO2Si/c1-8-10-11-12-13-14-15-16-17-18-19-21(22(25)24-20-9-2)26-27(6,7)23(3,4)5/h2,14,21H,8,10-13,15-20H2,1,3-7H3,(H,24,25)/t21-/m1/s1. The molecule has 1 N–H and O–H groups in total. The molecule has 0 aromatic carbocycles. The van der Waals surface area contributed by atoms with Crippen molar-refractivity contribution in [2.24, 2.45) is 0 Å². The molecule has 0 bridgehead atoms. The molecule has 4 heteroatoms. The Morgan fingerprint density at radius 3 is 2.22 bits per heavy atom. The van der Waals surface area contributed by atoms with Gasteiger partial charge >= 0.3 is 0 Å². The molecule has 0 spiro atoms. The molecular weight excluding hydrogens is 350 g/mol. The number of unbranched alkanes of at least 4 members (excludes halogenated alkanes) is 9. The number of hydrogen-bond donors (Lipinski definition) is 1. The van der Waals surface area contributed by atoms with Crippen LogP contribution in [-0.4, -0.2) is 26.9 Å². The van der Waals surface area contributed by atoms with E-state index in [0.29, 0.717) is 0 Å². The van der Waals surface area contributed by atoms with Crippen molar-refractivity contribution in [3.63, 3.8) is 0 Å². The van der Waals surface area contributed by atoms with Crippen molar-refractivity contribution >= 4 is 14.2 Å². The van der Waals surface area contributed by atoms with Crippen molar-refractivity contribution in [3.05, 3.63) is 6.42 Å². The van der Waals surface area contributed by atoms with Gasteiger partial charge in [0, 0.05) is 0 Å². The average molecular weight is 395 g/mol. The normalized spacial score (nSPS) is 13.2. The highest BCUT2D eigenvalue weighted by molar-refractivity contribution is 6.74. The molecule has 1 radical (unpaired) electrons. The second-order valence-corrected chi connectivity index (χ2v) is 13.8. The summed E-state index contributed by atoms with van der Waals surface area (Å²) in [6.07, 6.45) is 19.2. The molecule has 0 aliphatic heterocycles. The molecule has 0 aromatic heterocycles. The summed E-state index contributed by atoms with van der Waals surface area (Å²) in [4.78, 5) is 12.5. The smallest absolute Gasteiger partial charge is 0.248 e. The minimum absolute atomic E-state index is 0.0553. The molecule has 0 aliphatic carbocycles. The lowest BCUT2D eigenvalue weighted by atomic mass is 10.0. The lowest BCUT2D eigenvalue weighted by Crippen LogP contribution is -2.48. The van der Waals surface area contributed by atoms with Crippen molar-refractivity contribution in [2.75, 3.05) is 6.54 Å². The summed E-state index contributed by atoms with van der Waals surface area (Å²) in [5.41, 5.74) is 0. The Morgan fingerprint density at radius 1 is 1.11 bits per heavy atom. The molecule has 1 amide bonds. The number of rotatable bonds is 15. The molecule has 0 saturated heterocycles. The Morgan fingerprint density at radius 2 is 1.70 bits per heavy atom. The van der Waals surface area contributed by atoms with Crippen molar-refractivity contribution in [1.82, 2.24) is 5.32 Å². The van der Waals surface area contributed by atoms with Crippen LogP contribution in [0, 0.1) is 18.8 Å². The SMILES string of the molecule is C#CCNC(=O)[C@@H](CCCCC[CH]CCCCCC)O[Si](C)(C)C(C)(C)C. The summed E-state index contributed by atoms with van der Waals surface area (Å²) in [5.74, 6) is 2.42. The van der Waals surface area contributed by atoms with E-state index in [1.54, 1.807) is 0 Å². The molecule has 0 heterocycles. The Hall–Kier alpha value is -0.793. The number of terminal acetylenes is 1. The van der Waals surface area contributed by atoms with E-state index in [9.17, 15) is 4.79 Å². The van der Waals surface area contributed by atoms with E-state index < -0.39 is 8.32 Å². The fourth-order valence-electron chi connectivity index (χ4n) is 2.68. The first-order chi connectivity index (χ1) is 12.7. The maximum atomic E-state index is 12.5. The molecule has 1 atom stereocenters. The van der Waals surface area contributed by atoms with Gasteiger partial charge in [-0.05, 0) is 31.0 Å². The van der Waals surface area contributed by atoms with Gasteiger partial charge in [-0.15, -0.1) is 6.42 Å². The highest BCUT2D eigenvalue weighted by Crippen LogP contribution is 2.37. The van der Waals surface area contributed by atoms with Gasteiger partial charge in [0.2, 0.25) is 5.91 Å². The summed E-state index contributed by atoms with van der Waals surface area (Å²) in [7, 11) is -1.99. The largest absolute Gasteiger partial charge is 0.405 e. The number of nitrogens with one attached hydrogen (secondary N) is 1. The monoisotopic (exact) mass is 394 g/mol. The topological polar surface area (TPSA) is 38.3 Å². The van der Waals surface area contributed by atoms with Crippen LogP contribution in [0.5, 0.6) is 0 Å². The molecule has 157 valence electrons. The van der Waals surface area contributed by atoms with Crippen LogP contribution in [0.25, 0.3) is 0 Å². The molecule has 3 nitrogen and oxygen atoms in total. The summed E-state index contributed by atoms with van der Waals surface area (Å²) < 4.78 is 6.39. The van der Waals surface area contributed by atoms with Crippen LogP contribution in [0.1, 0.15) is 91.9 Å². The minimum atomic E-state index is -1.99. The van der Waals surface area contributed by atoms with Crippen molar-refractivity contribution in [2.45, 2.75) is 116 Å². The molecule has 0 rings (SSSR count). The Kier molecular flexibility index (Phi) is 13.8. The maximum Gasteiger partial charge on any atom is 0.248 e. The van der Waals surface area contributed by atoms with Crippen LogP contribution >= 0.6 is 0 Å².